The first-order chi connectivity index (χ1) is 8.15. The van der Waals surface area contributed by atoms with Crippen LogP contribution in [0.1, 0.15) is 18.4 Å². The highest BCUT2D eigenvalue weighted by atomic mass is 35.5. The van der Waals surface area contributed by atoms with E-state index in [1.165, 1.54) is 37.2 Å². The van der Waals surface area contributed by atoms with Crippen LogP contribution in [0.25, 0.3) is 0 Å². The topological polar surface area (TPSA) is 15.3 Å². The molecule has 1 fully saturated rings. The van der Waals surface area contributed by atoms with Crippen LogP contribution in [0.4, 0.5) is 5.69 Å². The number of aryl methyl sites for hydroxylation is 1. The Bertz CT molecular complexity index is 378. The minimum Gasteiger partial charge on any atom is -0.384 e. The maximum absolute atomic E-state index is 6.01. The van der Waals surface area contributed by atoms with E-state index in [0.717, 1.165) is 17.5 Å². The third kappa shape index (κ3) is 3.62. The Kier molecular flexibility index (Phi) is 4.30. The van der Waals surface area contributed by atoms with Crippen LogP contribution in [-0.2, 0) is 0 Å². The van der Waals surface area contributed by atoms with Crippen LogP contribution >= 0.6 is 11.6 Å². The van der Waals surface area contributed by atoms with Crippen molar-refractivity contribution in [2.24, 2.45) is 5.92 Å². The van der Waals surface area contributed by atoms with Crippen LogP contribution in [0.15, 0.2) is 18.2 Å². The Morgan fingerprint density at radius 1 is 1.47 bits per heavy atom. The van der Waals surface area contributed by atoms with E-state index in [9.17, 15) is 0 Å². The summed E-state index contributed by atoms with van der Waals surface area (Å²) < 4.78 is 0. The van der Waals surface area contributed by atoms with Gasteiger partial charge in [-0.3, -0.25) is 0 Å². The van der Waals surface area contributed by atoms with Gasteiger partial charge >= 0.3 is 0 Å². The van der Waals surface area contributed by atoms with Gasteiger partial charge in [-0.05, 0) is 57.0 Å². The molecule has 1 saturated heterocycles. The monoisotopic (exact) mass is 252 g/mol. The molecule has 2 nitrogen and oxygen atoms in total. The van der Waals surface area contributed by atoms with E-state index in [4.69, 9.17) is 11.6 Å². The molecule has 3 heteroatoms. The second-order valence-electron chi connectivity index (χ2n) is 5.11. The van der Waals surface area contributed by atoms with Gasteiger partial charge in [-0.1, -0.05) is 17.7 Å². The summed E-state index contributed by atoms with van der Waals surface area (Å²) in [5.74, 6) is 0.757. The van der Waals surface area contributed by atoms with E-state index in [1.807, 2.05) is 12.1 Å². The standard InChI is InChI=1S/C14H21ClN2/c1-11-5-6-13(15)8-14(11)16-9-12-4-3-7-17(2)10-12/h5-6,8,12,16H,3-4,7,9-10H2,1-2H3. The highest BCUT2D eigenvalue weighted by molar-refractivity contribution is 6.30. The van der Waals surface area contributed by atoms with E-state index in [-0.39, 0.29) is 0 Å². The molecule has 0 bridgehead atoms. The minimum atomic E-state index is 0.757. The third-order valence-corrected chi connectivity index (χ3v) is 3.74. The van der Waals surface area contributed by atoms with Crippen LogP contribution in [-0.4, -0.2) is 31.6 Å². The Morgan fingerprint density at radius 3 is 3.06 bits per heavy atom. The largest absolute Gasteiger partial charge is 0.384 e. The van der Waals surface area contributed by atoms with Crippen molar-refractivity contribution in [3.8, 4) is 0 Å². The lowest BCUT2D eigenvalue weighted by Gasteiger charge is -2.30. The molecule has 1 aromatic rings. The SMILES string of the molecule is Cc1ccc(Cl)cc1NCC1CCCN(C)C1. The van der Waals surface area contributed by atoms with E-state index in [1.54, 1.807) is 0 Å². The molecule has 0 saturated carbocycles. The van der Waals surface area contributed by atoms with Crippen molar-refractivity contribution in [2.75, 3.05) is 32.0 Å². The molecule has 0 spiro atoms. The highest BCUT2D eigenvalue weighted by Gasteiger charge is 2.16. The Labute approximate surface area is 109 Å². The summed E-state index contributed by atoms with van der Waals surface area (Å²) in [5.41, 5.74) is 2.43. The molecule has 2 rings (SSSR count). The lowest BCUT2D eigenvalue weighted by Crippen LogP contribution is -2.35. The van der Waals surface area contributed by atoms with Gasteiger partial charge in [0.2, 0.25) is 0 Å². The fourth-order valence-electron chi connectivity index (χ4n) is 2.48. The van der Waals surface area contributed by atoms with Crippen molar-refractivity contribution in [3.05, 3.63) is 28.8 Å². The molecule has 1 aliphatic heterocycles. The number of benzene rings is 1. The zero-order chi connectivity index (χ0) is 12.3. The van der Waals surface area contributed by atoms with E-state index in [0.29, 0.717) is 0 Å². The Balaban J connectivity index is 1.90. The summed E-state index contributed by atoms with van der Waals surface area (Å²) in [5, 5.41) is 4.34. The van der Waals surface area contributed by atoms with Crippen LogP contribution in [0.2, 0.25) is 5.02 Å². The van der Waals surface area contributed by atoms with Gasteiger partial charge in [0.1, 0.15) is 0 Å². The summed E-state index contributed by atoms with van der Waals surface area (Å²) in [4.78, 5) is 2.42. The highest BCUT2D eigenvalue weighted by Crippen LogP contribution is 2.22. The van der Waals surface area contributed by atoms with Gasteiger partial charge in [-0.2, -0.15) is 0 Å². The molecule has 0 radical (unpaired) electrons. The quantitative estimate of drug-likeness (QED) is 0.887. The van der Waals surface area contributed by atoms with Gasteiger partial charge in [0, 0.05) is 23.8 Å². The molecule has 0 amide bonds. The van der Waals surface area contributed by atoms with Crippen molar-refractivity contribution < 1.29 is 0 Å². The molecule has 1 N–H and O–H groups in total. The molecule has 1 aromatic carbocycles. The predicted molar refractivity (Wildman–Crippen MR) is 74.9 cm³/mol. The normalized spacial score (nSPS) is 21.5. The number of halogens is 1. The van der Waals surface area contributed by atoms with Gasteiger partial charge in [-0.15, -0.1) is 0 Å². The number of piperidine rings is 1. The van der Waals surface area contributed by atoms with Crippen LogP contribution in [0, 0.1) is 12.8 Å². The van der Waals surface area contributed by atoms with Crippen molar-refractivity contribution in [3.63, 3.8) is 0 Å². The van der Waals surface area contributed by atoms with Gasteiger partial charge in [0.05, 0.1) is 0 Å². The number of rotatable bonds is 3. The molecular formula is C14H21ClN2. The van der Waals surface area contributed by atoms with Gasteiger partial charge in [0.25, 0.3) is 0 Å². The van der Waals surface area contributed by atoms with Crippen LogP contribution in [0.3, 0.4) is 0 Å². The molecule has 1 aliphatic rings. The smallest absolute Gasteiger partial charge is 0.0426 e. The molecule has 1 unspecified atom stereocenters. The number of hydrogen-bond acceptors (Lipinski definition) is 2. The Hall–Kier alpha value is -0.730. The summed E-state index contributed by atoms with van der Waals surface area (Å²) in [6, 6.07) is 6.03. The second-order valence-corrected chi connectivity index (χ2v) is 5.55. The number of nitrogens with one attached hydrogen (secondary N) is 1. The van der Waals surface area contributed by atoms with E-state index < -0.39 is 0 Å². The average molecular weight is 253 g/mol. The molecule has 1 heterocycles. The first-order valence-corrected chi connectivity index (χ1v) is 6.71. The first-order valence-electron chi connectivity index (χ1n) is 6.33. The zero-order valence-corrected chi connectivity index (χ0v) is 11.4. The maximum Gasteiger partial charge on any atom is 0.0426 e. The minimum absolute atomic E-state index is 0.757. The molecule has 0 aliphatic carbocycles. The molecule has 1 atom stereocenters. The fraction of sp³-hybridized carbons (Fsp3) is 0.571. The maximum atomic E-state index is 6.01. The second kappa shape index (κ2) is 5.74. The molecular weight excluding hydrogens is 232 g/mol. The summed E-state index contributed by atoms with van der Waals surface area (Å²) in [6.45, 7) is 5.61. The lowest BCUT2D eigenvalue weighted by molar-refractivity contribution is 0.217. The van der Waals surface area contributed by atoms with E-state index in [2.05, 4.69) is 30.3 Å². The summed E-state index contributed by atoms with van der Waals surface area (Å²) in [6.07, 6.45) is 2.65. The van der Waals surface area contributed by atoms with E-state index >= 15 is 0 Å². The molecule has 94 valence electrons. The summed E-state index contributed by atoms with van der Waals surface area (Å²) in [7, 11) is 2.21. The molecule has 0 aromatic heterocycles. The van der Waals surface area contributed by atoms with Crippen LogP contribution in [0.5, 0.6) is 0 Å². The van der Waals surface area contributed by atoms with Crippen molar-refractivity contribution in [2.45, 2.75) is 19.8 Å². The fourth-order valence-corrected chi connectivity index (χ4v) is 2.65. The number of anilines is 1. The van der Waals surface area contributed by atoms with Crippen molar-refractivity contribution in [1.29, 1.82) is 0 Å². The summed E-state index contributed by atoms with van der Waals surface area (Å²) >= 11 is 6.01. The van der Waals surface area contributed by atoms with Crippen molar-refractivity contribution >= 4 is 17.3 Å². The third-order valence-electron chi connectivity index (χ3n) is 3.50. The zero-order valence-electron chi connectivity index (χ0n) is 10.7. The number of hydrogen-bond donors (Lipinski definition) is 1. The Morgan fingerprint density at radius 2 is 2.29 bits per heavy atom. The van der Waals surface area contributed by atoms with Gasteiger partial charge < -0.3 is 10.2 Å². The first kappa shape index (κ1) is 12.7. The predicted octanol–water partition coefficient (Wildman–Crippen LogP) is 3.40. The van der Waals surface area contributed by atoms with Crippen molar-refractivity contribution in [1.82, 2.24) is 4.90 Å². The van der Waals surface area contributed by atoms with Gasteiger partial charge in [-0.25, -0.2) is 0 Å². The van der Waals surface area contributed by atoms with Crippen LogP contribution < -0.4 is 5.32 Å². The lowest BCUT2D eigenvalue weighted by atomic mass is 9.98. The molecule has 17 heavy (non-hydrogen) atoms. The number of nitrogens with zero attached hydrogens (tertiary/aromatic N) is 1. The van der Waals surface area contributed by atoms with Gasteiger partial charge in [0.15, 0.2) is 0 Å². The average Bonchev–Trinajstić information content (AvgIpc) is 2.30. The number of likely N-dealkylation sites (tertiary alicyclic amines) is 1.